The number of halogens is 1. The highest BCUT2D eigenvalue weighted by Gasteiger charge is 2.41. The SMILES string of the molecule is CC(=O)N[C@H](Cc1ccc2ccccc2c1)C(=O)N[C@@H](Cc1ccc(Cl)cc1)C(=O)N[C@@H](Cc1cccnc1)C(=O)N[C@@H](CO)C(=O)N(C)[C@@H](Cc1ccc(O)cc1)C(=O)N[C@@H](CCCCNC(=O)c1cccnc1)C(=O)N[C@@H](CC(C)C)C(=O)N[C@@H](CCCCNC(C)C)C(=O)N1CCC[C@@H]1C(=O)N[C@@H](C)C(N)=O. The van der Waals surface area contributed by atoms with Crippen molar-refractivity contribution in [1.82, 2.24) is 72.9 Å². The molecule has 1 aliphatic rings. The largest absolute Gasteiger partial charge is 0.508 e. The number of likely N-dealkylation sites (N-methyl/N-ethyl adjacent to an activating group) is 1. The molecule has 7 rings (SSSR count). The number of aliphatic hydroxyl groups is 1. The summed E-state index contributed by atoms with van der Waals surface area (Å²) in [4.78, 5) is 181. The van der Waals surface area contributed by atoms with Crippen molar-refractivity contribution < 1.29 is 67.7 Å². The van der Waals surface area contributed by atoms with Gasteiger partial charge >= 0.3 is 0 Å². The van der Waals surface area contributed by atoms with Gasteiger partial charge in [-0.25, -0.2) is 0 Å². The highest BCUT2D eigenvalue weighted by Crippen LogP contribution is 2.23. The molecular formula is C80H104ClN15O14. The third-order valence-electron chi connectivity index (χ3n) is 18.8. The quantitative estimate of drug-likeness (QED) is 0.0245. The van der Waals surface area contributed by atoms with Crippen molar-refractivity contribution in [2.45, 2.75) is 191 Å². The van der Waals surface area contributed by atoms with E-state index in [9.17, 15) is 53.4 Å². The lowest BCUT2D eigenvalue weighted by Crippen LogP contribution is -2.62. The molecular weight excluding hydrogens is 1430 g/mol. The van der Waals surface area contributed by atoms with Crippen molar-refractivity contribution in [1.29, 1.82) is 0 Å². The van der Waals surface area contributed by atoms with Crippen LogP contribution in [0.5, 0.6) is 5.75 Å². The van der Waals surface area contributed by atoms with Gasteiger partial charge in [-0.15, -0.1) is 0 Å². The van der Waals surface area contributed by atoms with Gasteiger partial charge in [0.2, 0.25) is 65.0 Å². The number of nitrogens with zero attached hydrogens (tertiary/aromatic N) is 4. The number of nitrogens with two attached hydrogens (primary N) is 1. The molecule has 30 heteroatoms. The summed E-state index contributed by atoms with van der Waals surface area (Å²) >= 11 is 6.26. The number of aromatic hydroxyl groups is 1. The lowest BCUT2D eigenvalue weighted by Gasteiger charge is -2.33. The lowest BCUT2D eigenvalue weighted by molar-refractivity contribution is -0.144. The van der Waals surface area contributed by atoms with Crippen molar-refractivity contribution in [3.05, 3.63) is 173 Å². The maximum absolute atomic E-state index is 15.4. The van der Waals surface area contributed by atoms with E-state index >= 15 is 14.4 Å². The van der Waals surface area contributed by atoms with Crippen LogP contribution in [0.25, 0.3) is 10.8 Å². The van der Waals surface area contributed by atoms with E-state index in [-0.39, 0.29) is 95.0 Å². The number of unbranched alkanes of at least 4 members (excludes halogenated alkanes) is 2. The summed E-state index contributed by atoms with van der Waals surface area (Å²) in [7, 11) is 1.24. The fraction of sp³-hybridized carbons (Fsp3) is 0.450. The summed E-state index contributed by atoms with van der Waals surface area (Å²) < 4.78 is 0. The maximum Gasteiger partial charge on any atom is 0.252 e. The first-order valence-corrected chi connectivity index (χ1v) is 37.6. The number of phenols is 1. The minimum absolute atomic E-state index is 0.0319. The van der Waals surface area contributed by atoms with Crippen molar-refractivity contribution in [2.75, 3.05) is 33.3 Å². The molecule has 10 atom stereocenters. The molecule has 0 spiro atoms. The van der Waals surface area contributed by atoms with Crippen LogP contribution in [-0.4, -0.2) is 201 Å². The molecule has 0 saturated carbocycles. The summed E-state index contributed by atoms with van der Waals surface area (Å²) in [5, 5.41) is 51.8. The van der Waals surface area contributed by atoms with Crippen molar-refractivity contribution in [2.24, 2.45) is 11.7 Å². The Morgan fingerprint density at radius 2 is 1.10 bits per heavy atom. The minimum Gasteiger partial charge on any atom is -0.508 e. The molecule has 14 N–H and O–H groups in total. The fourth-order valence-corrected chi connectivity index (χ4v) is 12.9. The van der Waals surface area contributed by atoms with Crippen LogP contribution in [0.15, 0.2) is 140 Å². The van der Waals surface area contributed by atoms with E-state index in [0.29, 0.717) is 58.6 Å². The maximum atomic E-state index is 15.4. The summed E-state index contributed by atoms with van der Waals surface area (Å²) in [5.41, 5.74) is 7.87. The van der Waals surface area contributed by atoms with E-state index in [4.69, 9.17) is 17.3 Å². The second kappa shape index (κ2) is 43.3. The van der Waals surface area contributed by atoms with Crippen LogP contribution in [0.2, 0.25) is 5.02 Å². The molecule has 29 nitrogen and oxygen atoms in total. The number of hydrogen-bond acceptors (Lipinski definition) is 17. The standard InChI is InChI=1S/C80H104ClN15O14/c1-48(2)39-63(73(103)90-62(22-11-12-36-85-49(3)4)80(110)96-38-16-23-68(96)77(107)87-50(5)70(82)100)91-72(102)61(21-10-13-37-86-71(101)58-20-15-35-84-46-58)89-78(108)69(44-53-27-32-60(99)33-28-53)95(7)79(109)67(47-97)94-76(106)66(43-55-17-14-34-83-45-55)93-75(105)65(41-52-25-30-59(81)31-26-52)92-74(104)64(88-51(6)98)42-54-24-29-56-18-8-9-19-57(56)40-54/h8-9,14-15,17-20,24-35,40,45-46,48-50,61-69,85,97,99H,10-13,16,21-23,36-39,41-44,47H2,1-7H3,(H2,82,100)(H,86,101)(H,87,107)(H,88,98)(H,89,108)(H,90,103)(H,91,102)(H,92,104)(H,93,105)(H,94,106)/t50-,61-,62-,63-,64+,65-,66-,67-,68+,69-/m0/s1. The smallest absolute Gasteiger partial charge is 0.252 e. The third kappa shape index (κ3) is 27.3. The molecule has 3 heterocycles. The normalized spacial score (nSPS) is 15.1. The molecule has 12 amide bonds. The second-order valence-corrected chi connectivity index (χ2v) is 28.9. The van der Waals surface area contributed by atoms with E-state index < -0.39 is 138 Å². The molecule has 0 aliphatic carbocycles. The molecule has 110 heavy (non-hydrogen) atoms. The van der Waals surface area contributed by atoms with Crippen LogP contribution in [0.4, 0.5) is 0 Å². The van der Waals surface area contributed by atoms with Gasteiger partial charge in [0.25, 0.3) is 5.91 Å². The van der Waals surface area contributed by atoms with Crippen molar-refractivity contribution >= 4 is 93.3 Å². The zero-order valence-electron chi connectivity index (χ0n) is 63.3. The topological polar surface area (TPSA) is 424 Å². The number of hydrogen-bond donors (Lipinski definition) is 13. The molecule has 590 valence electrons. The number of likely N-dealkylation sites (tertiary alicyclic amines) is 1. The Kier molecular flexibility index (Phi) is 34.0. The predicted octanol–water partition coefficient (Wildman–Crippen LogP) is 3.29. The Morgan fingerprint density at radius 3 is 1.71 bits per heavy atom. The number of rotatable bonds is 42. The van der Waals surface area contributed by atoms with E-state index in [1.807, 2.05) is 70.2 Å². The molecule has 0 radical (unpaired) electrons. The molecule has 6 aromatic rings. The number of pyridine rings is 2. The van der Waals surface area contributed by atoms with Gasteiger partial charge in [-0.05, 0) is 153 Å². The predicted molar refractivity (Wildman–Crippen MR) is 414 cm³/mol. The van der Waals surface area contributed by atoms with Crippen molar-refractivity contribution in [3.8, 4) is 5.75 Å². The number of nitrogens with one attached hydrogen (secondary N) is 10. The van der Waals surface area contributed by atoms with Crippen molar-refractivity contribution in [3.63, 3.8) is 0 Å². The molecule has 1 fully saturated rings. The van der Waals surface area contributed by atoms with E-state index in [1.165, 1.54) is 74.8 Å². The van der Waals surface area contributed by atoms with E-state index in [1.54, 1.807) is 48.5 Å². The van der Waals surface area contributed by atoms with Gasteiger partial charge in [0.15, 0.2) is 0 Å². The Hall–Kier alpha value is -10.9. The van der Waals surface area contributed by atoms with Gasteiger partial charge in [0.1, 0.15) is 66.2 Å². The number of primary amides is 1. The zero-order valence-corrected chi connectivity index (χ0v) is 64.0. The summed E-state index contributed by atoms with van der Waals surface area (Å²) in [6, 6.07) is 18.6. The first-order valence-electron chi connectivity index (χ1n) is 37.2. The third-order valence-corrected chi connectivity index (χ3v) is 19.1. The van der Waals surface area contributed by atoms with Gasteiger partial charge in [0, 0.05) is 88.6 Å². The second-order valence-electron chi connectivity index (χ2n) is 28.5. The number of aromatic nitrogens is 2. The molecule has 0 unspecified atom stereocenters. The number of carbonyl (C=O) groups excluding carboxylic acids is 12. The monoisotopic (exact) mass is 1530 g/mol. The molecule has 1 aliphatic heterocycles. The lowest BCUT2D eigenvalue weighted by atomic mass is 9.99. The van der Waals surface area contributed by atoms with Gasteiger partial charge in [0.05, 0.1) is 12.2 Å². The van der Waals surface area contributed by atoms with Crippen LogP contribution in [0.1, 0.15) is 132 Å². The average Bonchev–Trinajstić information content (AvgIpc) is 1.49. The number of carbonyl (C=O) groups is 12. The van der Waals surface area contributed by atoms with Gasteiger partial charge in [-0.3, -0.25) is 67.5 Å². The Balaban J connectivity index is 1.16. The average molecular weight is 1540 g/mol. The molecule has 1 saturated heterocycles. The number of aliphatic hydroxyl groups excluding tert-OH is 1. The van der Waals surface area contributed by atoms with Crippen LogP contribution in [-0.2, 0) is 78.4 Å². The van der Waals surface area contributed by atoms with E-state index in [2.05, 4.69) is 63.1 Å². The highest BCUT2D eigenvalue weighted by atomic mass is 35.5. The first kappa shape index (κ1) is 86.3. The number of amides is 12. The fourth-order valence-electron chi connectivity index (χ4n) is 12.8. The zero-order chi connectivity index (χ0) is 80.0. The Bertz CT molecular complexity index is 4100. The van der Waals surface area contributed by atoms with Crippen LogP contribution < -0.4 is 58.9 Å². The van der Waals surface area contributed by atoms with Crippen LogP contribution in [0.3, 0.4) is 0 Å². The summed E-state index contributed by atoms with van der Waals surface area (Å²) in [6.45, 7) is 10.2. The number of benzene rings is 4. The Morgan fingerprint density at radius 1 is 0.564 bits per heavy atom. The molecule has 4 aromatic carbocycles. The Labute approximate surface area is 645 Å². The number of phenolic OH excluding ortho intramolecular Hbond substituents is 1. The van der Waals surface area contributed by atoms with E-state index in [0.717, 1.165) is 15.7 Å². The molecule has 2 aromatic heterocycles. The highest BCUT2D eigenvalue weighted by molar-refractivity contribution is 6.30. The van der Waals surface area contributed by atoms with Crippen LogP contribution >= 0.6 is 11.6 Å². The summed E-state index contributed by atoms with van der Waals surface area (Å²) in [6.07, 6.45) is 7.57. The van der Waals surface area contributed by atoms with Gasteiger partial charge < -0.3 is 78.9 Å². The number of fused-ring (bicyclic) bond motifs is 1. The first-order chi connectivity index (χ1) is 52.6. The van der Waals surface area contributed by atoms with Gasteiger partial charge in [-0.1, -0.05) is 112 Å². The molecule has 0 bridgehead atoms. The van der Waals surface area contributed by atoms with Gasteiger partial charge in [-0.2, -0.15) is 0 Å². The minimum atomic E-state index is -1.82. The summed E-state index contributed by atoms with van der Waals surface area (Å²) in [5.74, 6) is -9.31. The van der Waals surface area contributed by atoms with Crippen LogP contribution in [0, 0.1) is 5.92 Å².